The summed E-state index contributed by atoms with van der Waals surface area (Å²) < 4.78 is 0.819. The number of hydrogen-bond donors (Lipinski definition) is 2. The lowest BCUT2D eigenvalue weighted by Crippen LogP contribution is -2.33. The van der Waals surface area contributed by atoms with Gasteiger partial charge in [0.1, 0.15) is 0 Å². The molecule has 1 amide bonds. The molecule has 1 saturated carbocycles. The van der Waals surface area contributed by atoms with Crippen LogP contribution < -0.4 is 5.32 Å². The van der Waals surface area contributed by atoms with Crippen LogP contribution in [0.3, 0.4) is 0 Å². The van der Waals surface area contributed by atoms with E-state index in [1.165, 1.54) is 0 Å². The van der Waals surface area contributed by atoms with Gasteiger partial charge < -0.3 is 10.4 Å². The van der Waals surface area contributed by atoms with Crippen LogP contribution in [-0.2, 0) is 0 Å². The molecule has 1 aliphatic carbocycles. The summed E-state index contributed by atoms with van der Waals surface area (Å²) >= 11 is 3.41. The molecule has 0 bridgehead atoms. The molecule has 2 N–H and O–H groups in total. The van der Waals surface area contributed by atoms with Crippen molar-refractivity contribution in [3.05, 3.63) is 33.8 Å². The fourth-order valence-corrected chi connectivity index (χ4v) is 3.02. The van der Waals surface area contributed by atoms with E-state index in [1.54, 1.807) is 0 Å². The van der Waals surface area contributed by atoms with E-state index >= 15 is 0 Å². The van der Waals surface area contributed by atoms with Gasteiger partial charge in [0.05, 0.1) is 11.7 Å². The van der Waals surface area contributed by atoms with Crippen LogP contribution in [0.15, 0.2) is 22.7 Å². The molecular weight excluding hydrogens is 306 g/mol. The Labute approximate surface area is 122 Å². The maximum atomic E-state index is 12.1. The van der Waals surface area contributed by atoms with Crippen LogP contribution in [0, 0.1) is 12.8 Å². The van der Waals surface area contributed by atoms with Crippen molar-refractivity contribution in [3.8, 4) is 0 Å². The summed E-state index contributed by atoms with van der Waals surface area (Å²) in [6.07, 6.45) is 3.65. The first-order valence-electron chi connectivity index (χ1n) is 6.78. The second-order valence-electron chi connectivity index (χ2n) is 5.38. The Morgan fingerprint density at radius 3 is 3.00 bits per heavy atom. The number of carbonyl (C=O) groups excluding carboxylic acids is 1. The van der Waals surface area contributed by atoms with E-state index in [-0.39, 0.29) is 12.0 Å². The molecule has 0 radical (unpaired) electrons. The number of hydrogen-bond acceptors (Lipinski definition) is 2. The predicted octanol–water partition coefficient (Wildman–Crippen LogP) is 3.04. The van der Waals surface area contributed by atoms with Gasteiger partial charge in [-0.3, -0.25) is 4.79 Å². The minimum atomic E-state index is -0.193. The minimum absolute atomic E-state index is 0.0457. The van der Waals surface area contributed by atoms with Gasteiger partial charge in [0.25, 0.3) is 5.91 Å². The van der Waals surface area contributed by atoms with Crippen LogP contribution in [0.1, 0.15) is 41.6 Å². The average Bonchev–Trinajstić information content (AvgIpc) is 2.39. The Hall–Kier alpha value is -0.870. The smallest absolute Gasteiger partial charge is 0.252 e. The number of rotatable bonds is 3. The molecule has 0 aliphatic heterocycles. The maximum absolute atomic E-state index is 12.1. The molecule has 19 heavy (non-hydrogen) atoms. The minimum Gasteiger partial charge on any atom is -0.393 e. The van der Waals surface area contributed by atoms with Gasteiger partial charge >= 0.3 is 0 Å². The lowest BCUT2D eigenvalue weighted by molar-refractivity contribution is 0.0873. The zero-order valence-electron chi connectivity index (χ0n) is 11.2. The van der Waals surface area contributed by atoms with Gasteiger partial charge in [0, 0.05) is 11.0 Å². The Morgan fingerprint density at radius 1 is 1.47 bits per heavy atom. The summed E-state index contributed by atoms with van der Waals surface area (Å²) in [7, 11) is 0. The number of nitrogens with one attached hydrogen (secondary N) is 1. The van der Waals surface area contributed by atoms with Crippen LogP contribution in [0.5, 0.6) is 0 Å². The van der Waals surface area contributed by atoms with Gasteiger partial charge in [-0.15, -0.1) is 0 Å². The molecule has 4 heteroatoms. The van der Waals surface area contributed by atoms with Crippen molar-refractivity contribution in [1.29, 1.82) is 0 Å². The van der Waals surface area contributed by atoms with Crippen LogP contribution in [0.25, 0.3) is 0 Å². The van der Waals surface area contributed by atoms with E-state index in [4.69, 9.17) is 0 Å². The third kappa shape index (κ3) is 4.05. The Balaban J connectivity index is 1.92. The Kier molecular flexibility index (Phi) is 4.99. The summed E-state index contributed by atoms with van der Waals surface area (Å²) in [5.41, 5.74) is 1.75. The van der Waals surface area contributed by atoms with Gasteiger partial charge in [-0.25, -0.2) is 0 Å². The average molecular weight is 326 g/mol. The molecule has 2 unspecified atom stereocenters. The van der Waals surface area contributed by atoms with Crippen molar-refractivity contribution in [2.24, 2.45) is 5.92 Å². The van der Waals surface area contributed by atoms with Crippen molar-refractivity contribution < 1.29 is 9.90 Å². The normalized spacial score (nSPS) is 23.1. The summed E-state index contributed by atoms with van der Waals surface area (Å²) in [5, 5.41) is 12.6. The first-order chi connectivity index (χ1) is 9.06. The molecule has 104 valence electrons. The molecule has 3 nitrogen and oxygen atoms in total. The van der Waals surface area contributed by atoms with Gasteiger partial charge in [0.2, 0.25) is 0 Å². The maximum Gasteiger partial charge on any atom is 0.252 e. The highest BCUT2D eigenvalue weighted by molar-refractivity contribution is 9.10. The standard InChI is InChI=1S/C15H20BrNO2/c1-10-5-6-14(16)13(7-10)15(19)17-9-11-3-2-4-12(18)8-11/h5-7,11-12,18H,2-4,8-9H2,1H3,(H,17,19). The monoisotopic (exact) mass is 325 g/mol. The first kappa shape index (κ1) is 14.5. The summed E-state index contributed by atoms with van der Waals surface area (Å²) in [4.78, 5) is 12.1. The van der Waals surface area contributed by atoms with E-state index in [9.17, 15) is 9.90 Å². The summed E-state index contributed by atoms with van der Waals surface area (Å²) in [6.45, 7) is 2.62. The van der Waals surface area contributed by atoms with Gasteiger partial charge in [0.15, 0.2) is 0 Å². The van der Waals surface area contributed by atoms with Crippen LogP contribution in [-0.4, -0.2) is 23.7 Å². The second-order valence-corrected chi connectivity index (χ2v) is 6.23. The largest absolute Gasteiger partial charge is 0.393 e. The third-order valence-corrected chi connectivity index (χ3v) is 4.36. The zero-order valence-corrected chi connectivity index (χ0v) is 12.7. The van der Waals surface area contributed by atoms with Crippen molar-refractivity contribution in [3.63, 3.8) is 0 Å². The lowest BCUT2D eigenvalue weighted by atomic mass is 9.87. The number of aliphatic hydroxyl groups is 1. The van der Waals surface area contributed by atoms with E-state index in [2.05, 4.69) is 21.2 Å². The highest BCUT2D eigenvalue weighted by Crippen LogP contribution is 2.24. The molecule has 2 atom stereocenters. The molecule has 0 spiro atoms. The summed E-state index contributed by atoms with van der Waals surface area (Å²) in [5.74, 6) is 0.354. The fourth-order valence-electron chi connectivity index (χ4n) is 2.59. The summed E-state index contributed by atoms with van der Waals surface area (Å²) in [6, 6.07) is 5.75. The molecule has 0 aromatic heterocycles. The first-order valence-corrected chi connectivity index (χ1v) is 7.58. The van der Waals surface area contributed by atoms with Gasteiger partial charge in [-0.1, -0.05) is 18.1 Å². The number of amides is 1. The van der Waals surface area contributed by atoms with Crippen LogP contribution in [0.2, 0.25) is 0 Å². The highest BCUT2D eigenvalue weighted by atomic mass is 79.9. The van der Waals surface area contributed by atoms with E-state index < -0.39 is 0 Å². The van der Waals surface area contributed by atoms with Crippen molar-refractivity contribution >= 4 is 21.8 Å². The van der Waals surface area contributed by atoms with Crippen LogP contribution >= 0.6 is 15.9 Å². The van der Waals surface area contributed by atoms with Crippen molar-refractivity contribution in [2.45, 2.75) is 38.7 Å². The third-order valence-electron chi connectivity index (χ3n) is 3.67. The number of halogens is 1. The van der Waals surface area contributed by atoms with E-state index in [1.807, 2.05) is 25.1 Å². The van der Waals surface area contributed by atoms with Gasteiger partial charge in [-0.05, 0) is 60.2 Å². The van der Waals surface area contributed by atoms with E-state index in [0.29, 0.717) is 18.0 Å². The van der Waals surface area contributed by atoms with Gasteiger partial charge in [-0.2, -0.15) is 0 Å². The van der Waals surface area contributed by atoms with Crippen molar-refractivity contribution in [1.82, 2.24) is 5.32 Å². The molecular formula is C15H20BrNO2. The Morgan fingerprint density at radius 2 is 2.26 bits per heavy atom. The topological polar surface area (TPSA) is 49.3 Å². The predicted molar refractivity (Wildman–Crippen MR) is 79.2 cm³/mol. The SMILES string of the molecule is Cc1ccc(Br)c(C(=O)NCC2CCCC(O)C2)c1. The second kappa shape index (κ2) is 6.53. The fraction of sp³-hybridized carbons (Fsp3) is 0.533. The quantitative estimate of drug-likeness (QED) is 0.897. The number of aryl methyl sites for hydroxylation is 1. The number of benzene rings is 1. The van der Waals surface area contributed by atoms with Crippen molar-refractivity contribution in [2.75, 3.05) is 6.54 Å². The molecule has 0 heterocycles. The zero-order chi connectivity index (χ0) is 13.8. The number of aliphatic hydroxyl groups excluding tert-OH is 1. The molecule has 2 rings (SSSR count). The molecule has 1 fully saturated rings. The molecule has 1 aromatic carbocycles. The molecule has 1 aromatic rings. The Bertz CT molecular complexity index is 461. The van der Waals surface area contributed by atoms with E-state index in [0.717, 1.165) is 35.7 Å². The van der Waals surface area contributed by atoms with Crippen LogP contribution in [0.4, 0.5) is 0 Å². The lowest BCUT2D eigenvalue weighted by Gasteiger charge is -2.26. The molecule has 0 saturated heterocycles. The number of carbonyl (C=O) groups is 1. The molecule has 1 aliphatic rings. The highest BCUT2D eigenvalue weighted by Gasteiger charge is 2.21.